The number of nitrogens with one attached hydrogen (secondary N) is 2. The standard InChI is InChI=1S/C16H23N3O3/c1-2-16(9-3-10-18-16)15(21)19-12-4-6-13(7-5-12)22-11-8-14(17)20/h4-7,18H,2-3,8-11H2,1H3,(H2,17,20)(H,19,21). The first kappa shape index (κ1) is 16.3. The summed E-state index contributed by atoms with van der Waals surface area (Å²) in [5, 5.41) is 6.26. The van der Waals surface area contributed by atoms with Gasteiger partial charge in [0.2, 0.25) is 11.8 Å². The fraction of sp³-hybridized carbons (Fsp3) is 0.500. The van der Waals surface area contributed by atoms with Gasteiger partial charge in [0.15, 0.2) is 0 Å². The molecule has 2 rings (SSSR count). The van der Waals surface area contributed by atoms with Gasteiger partial charge in [0.1, 0.15) is 5.75 Å². The number of carbonyl (C=O) groups is 2. The van der Waals surface area contributed by atoms with Crippen molar-refractivity contribution in [3.05, 3.63) is 24.3 Å². The van der Waals surface area contributed by atoms with E-state index in [4.69, 9.17) is 10.5 Å². The first-order valence-corrected chi connectivity index (χ1v) is 7.63. The van der Waals surface area contributed by atoms with E-state index in [1.54, 1.807) is 24.3 Å². The first-order chi connectivity index (χ1) is 10.6. The Hall–Kier alpha value is -2.08. The number of hydrogen-bond acceptors (Lipinski definition) is 4. The quantitative estimate of drug-likeness (QED) is 0.710. The minimum atomic E-state index is -0.448. The summed E-state index contributed by atoms with van der Waals surface area (Å²) in [7, 11) is 0. The molecule has 1 aliphatic heterocycles. The van der Waals surface area contributed by atoms with Gasteiger partial charge in [0, 0.05) is 5.69 Å². The van der Waals surface area contributed by atoms with Gasteiger partial charge in [-0.25, -0.2) is 0 Å². The van der Waals surface area contributed by atoms with Crippen molar-refractivity contribution in [2.24, 2.45) is 5.73 Å². The van der Waals surface area contributed by atoms with Gasteiger partial charge in [0.05, 0.1) is 18.6 Å². The number of rotatable bonds is 7. The van der Waals surface area contributed by atoms with Crippen LogP contribution >= 0.6 is 0 Å². The smallest absolute Gasteiger partial charge is 0.244 e. The lowest BCUT2D eigenvalue weighted by Crippen LogP contribution is -2.50. The van der Waals surface area contributed by atoms with E-state index in [0.717, 1.165) is 31.5 Å². The average Bonchev–Trinajstić information content (AvgIpc) is 2.99. The molecule has 1 atom stereocenters. The maximum absolute atomic E-state index is 12.4. The Morgan fingerprint density at radius 3 is 2.64 bits per heavy atom. The zero-order valence-electron chi connectivity index (χ0n) is 12.9. The Bertz CT molecular complexity index is 522. The van der Waals surface area contributed by atoms with Crippen molar-refractivity contribution < 1.29 is 14.3 Å². The van der Waals surface area contributed by atoms with E-state index in [9.17, 15) is 9.59 Å². The topological polar surface area (TPSA) is 93.4 Å². The highest BCUT2D eigenvalue weighted by Crippen LogP contribution is 2.25. The molecule has 1 saturated heterocycles. The molecule has 0 saturated carbocycles. The summed E-state index contributed by atoms with van der Waals surface area (Å²) in [5.74, 6) is 0.260. The van der Waals surface area contributed by atoms with Crippen molar-refractivity contribution in [1.29, 1.82) is 0 Å². The Kier molecular flexibility index (Phi) is 5.38. The fourth-order valence-electron chi connectivity index (χ4n) is 2.62. The monoisotopic (exact) mass is 305 g/mol. The maximum Gasteiger partial charge on any atom is 0.244 e. The fourth-order valence-corrected chi connectivity index (χ4v) is 2.62. The molecule has 1 aliphatic rings. The summed E-state index contributed by atoms with van der Waals surface area (Å²) in [6, 6.07) is 7.10. The van der Waals surface area contributed by atoms with Gasteiger partial charge in [-0.15, -0.1) is 0 Å². The third-order valence-corrected chi connectivity index (χ3v) is 4.01. The molecule has 1 aromatic rings. The summed E-state index contributed by atoms with van der Waals surface area (Å²) >= 11 is 0. The van der Waals surface area contributed by atoms with Gasteiger partial charge in [0.25, 0.3) is 0 Å². The second-order valence-corrected chi connectivity index (χ2v) is 5.51. The van der Waals surface area contributed by atoms with Gasteiger partial charge < -0.3 is 21.1 Å². The molecule has 6 heteroatoms. The highest BCUT2D eigenvalue weighted by Gasteiger charge is 2.38. The summed E-state index contributed by atoms with van der Waals surface area (Å²) in [6.45, 7) is 3.16. The van der Waals surface area contributed by atoms with Crippen LogP contribution in [0.3, 0.4) is 0 Å². The minimum Gasteiger partial charge on any atom is -0.493 e. The lowest BCUT2D eigenvalue weighted by molar-refractivity contribution is -0.122. The van der Waals surface area contributed by atoms with Crippen LogP contribution in [0.25, 0.3) is 0 Å². The van der Waals surface area contributed by atoms with Crippen LogP contribution in [-0.4, -0.2) is 30.5 Å². The number of benzene rings is 1. The Morgan fingerprint density at radius 1 is 1.36 bits per heavy atom. The van der Waals surface area contributed by atoms with Crippen molar-refractivity contribution in [2.45, 2.75) is 38.1 Å². The van der Waals surface area contributed by atoms with Crippen LogP contribution in [-0.2, 0) is 9.59 Å². The molecule has 22 heavy (non-hydrogen) atoms. The molecule has 2 amide bonds. The van der Waals surface area contributed by atoms with Crippen LogP contribution in [0, 0.1) is 0 Å². The van der Waals surface area contributed by atoms with E-state index in [2.05, 4.69) is 10.6 Å². The molecule has 120 valence electrons. The van der Waals surface area contributed by atoms with Gasteiger partial charge >= 0.3 is 0 Å². The first-order valence-electron chi connectivity index (χ1n) is 7.63. The molecule has 0 radical (unpaired) electrons. The largest absolute Gasteiger partial charge is 0.493 e. The van der Waals surface area contributed by atoms with Gasteiger partial charge in [-0.2, -0.15) is 0 Å². The molecule has 0 aliphatic carbocycles. The van der Waals surface area contributed by atoms with Gasteiger partial charge in [-0.05, 0) is 50.1 Å². The number of nitrogens with two attached hydrogens (primary N) is 1. The number of hydrogen-bond donors (Lipinski definition) is 3. The van der Waals surface area contributed by atoms with Crippen LogP contribution in [0.15, 0.2) is 24.3 Å². The van der Waals surface area contributed by atoms with Crippen LogP contribution < -0.4 is 21.1 Å². The van der Waals surface area contributed by atoms with Crippen molar-refractivity contribution in [1.82, 2.24) is 5.32 Å². The molecule has 1 aromatic carbocycles. The SMILES string of the molecule is CCC1(C(=O)Nc2ccc(OCCC(N)=O)cc2)CCCN1. The van der Waals surface area contributed by atoms with Gasteiger partial charge in [-0.1, -0.05) is 6.92 Å². The molecule has 0 aromatic heterocycles. The number of primary amides is 1. The lowest BCUT2D eigenvalue weighted by Gasteiger charge is -2.26. The zero-order valence-corrected chi connectivity index (χ0v) is 12.9. The molecule has 0 bridgehead atoms. The Labute approximate surface area is 130 Å². The molecular weight excluding hydrogens is 282 g/mol. The molecule has 1 heterocycles. The Morgan fingerprint density at radius 2 is 2.09 bits per heavy atom. The highest BCUT2D eigenvalue weighted by molar-refractivity contribution is 5.98. The maximum atomic E-state index is 12.4. The molecule has 4 N–H and O–H groups in total. The van der Waals surface area contributed by atoms with Crippen LogP contribution in [0.2, 0.25) is 0 Å². The normalized spacial score (nSPS) is 20.6. The van der Waals surface area contributed by atoms with Crippen molar-refractivity contribution in [2.75, 3.05) is 18.5 Å². The molecular formula is C16H23N3O3. The van der Waals surface area contributed by atoms with Crippen LogP contribution in [0.1, 0.15) is 32.6 Å². The molecule has 0 spiro atoms. The minimum absolute atomic E-state index is 0.00916. The van der Waals surface area contributed by atoms with Crippen LogP contribution in [0.4, 0.5) is 5.69 Å². The predicted octanol–water partition coefficient (Wildman–Crippen LogP) is 1.41. The van der Waals surface area contributed by atoms with Gasteiger partial charge in [-0.3, -0.25) is 9.59 Å². The summed E-state index contributed by atoms with van der Waals surface area (Å²) in [5.41, 5.74) is 5.33. The molecule has 1 unspecified atom stereocenters. The van der Waals surface area contributed by atoms with Crippen LogP contribution in [0.5, 0.6) is 5.75 Å². The second-order valence-electron chi connectivity index (χ2n) is 5.51. The molecule has 1 fully saturated rings. The third-order valence-electron chi connectivity index (χ3n) is 4.01. The summed E-state index contributed by atoms with van der Waals surface area (Å²) < 4.78 is 5.39. The van der Waals surface area contributed by atoms with Crippen molar-refractivity contribution >= 4 is 17.5 Å². The number of ether oxygens (including phenoxy) is 1. The third kappa shape index (κ3) is 3.98. The zero-order chi connectivity index (χ0) is 16.0. The van der Waals surface area contributed by atoms with E-state index in [0.29, 0.717) is 5.75 Å². The predicted molar refractivity (Wildman–Crippen MR) is 84.6 cm³/mol. The highest BCUT2D eigenvalue weighted by atomic mass is 16.5. The van der Waals surface area contributed by atoms with Crippen molar-refractivity contribution in [3.8, 4) is 5.75 Å². The lowest BCUT2D eigenvalue weighted by atomic mass is 9.93. The summed E-state index contributed by atoms with van der Waals surface area (Å²) in [4.78, 5) is 23.1. The van der Waals surface area contributed by atoms with Crippen molar-refractivity contribution in [3.63, 3.8) is 0 Å². The Balaban J connectivity index is 1.90. The van der Waals surface area contributed by atoms with E-state index in [-0.39, 0.29) is 18.9 Å². The second kappa shape index (κ2) is 7.26. The molecule has 6 nitrogen and oxygen atoms in total. The van der Waals surface area contributed by atoms with E-state index < -0.39 is 11.4 Å². The number of carbonyl (C=O) groups excluding carboxylic acids is 2. The van der Waals surface area contributed by atoms with E-state index in [1.165, 1.54) is 0 Å². The van der Waals surface area contributed by atoms with E-state index in [1.807, 2.05) is 6.92 Å². The number of anilines is 1. The summed E-state index contributed by atoms with van der Waals surface area (Å²) in [6.07, 6.45) is 2.84. The van der Waals surface area contributed by atoms with E-state index >= 15 is 0 Å². The average molecular weight is 305 g/mol. The number of amides is 2.